The number of nitrogens with zero attached hydrogens (tertiary/aromatic N) is 2. The lowest BCUT2D eigenvalue weighted by atomic mass is 10.0. The van der Waals surface area contributed by atoms with Gasteiger partial charge in [-0.25, -0.2) is 9.79 Å². The maximum atomic E-state index is 12.3. The number of aliphatic imine (C=N–C) groups is 1. The van der Waals surface area contributed by atoms with Gasteiger partial charge in [0.2, 0.25) is 0 Å². The standard InChI is InChI=1S/C22H31N5O3.HI/c1-3-23-20(25-16-22(2,29)19-10-7-13-30-19)24-15-17-8-6-9-18(14-17)26-21(28)27-11-4-5-12-27;/h6-10,13-14,29H,3-5,11-12,15-16H2,1-2H3,(H,26,28)(H2,23,24,25);1H. The topological polar surface area (TPSA) is 102 Å². The smallest absolute Gasteiger partial charge is 0.321 e. The molecule has 2 amide bonds. The molecule has 3 rings (SSSR count). The predicted molar refractivity (Wildman–Crippen MR) is 133 cm³/mol. The third-order valence-electron chi connectivity index (χ3n) is 4.99. The summed E-state index contributed by atoms with van der Waals surface area (Å²) in [6.45, 7) is 6.68. The molecule has 1 fully saturated rings. The molecule has 2 aromatic rings. The Morgan fingerprint density at radius 1 is 1.23 bits per heavy atom. The first-order valence-electron chi connectivity index (χ1n) is 10.4. The van der Waals surface area contributed by atoms with Crippen LogP contribution in [0.15, 0.2) is 52.1 Å². The molecule has 0 saturated carbocycles. The van der Waals surface area contributed by atoms with Crippen molar-refractivity contribution in [1.82, 2.24) is 15.5 Å². The average Bonchev–Trinajstić information content (AvgIpc) is 3.45. The van der Waals surface area contributed by atoms with Gasteiger partial charge in [-0.1, -0.05) is 12.1 Å². The van der Waals surface area contributed by atoms with Crippen LogP contribution in [0.1, 0.15) is 38.0 Å². The third-order valence-corrected chi connectivity index (χ3v) is 4.99. The lowest BCUT2D eigenvalue weighted by molar-refractivity contribution is 0.0386. The summed E-state index contributed by atoms with van der Waals surface area (Å²) in [5.41, 5.74) is 0.585. The Hall–Kier alpha value is -2.27. The Labute approximate surface area is 200 Å². The summed E-state index contributed by atoms with van der Waals surface area (Å²) >= 11 is 0. The van der Waals surface area contributed by atoms with Crippen molar-refractivity contribution in [2.24, 2.45) is 4.99 Å². The Morgan fingerprint density at radius 3 is 2.68 bits per heavy atom. The number of carbonyl (C=O) groups is 1. The number of aliphatic hydroxyl groups is 1. The van der Waals surface area contributed by atoms with Gasteiger partial charge in [0.15, 0.2) is 5.96 Å². The van der Waals surface area contributed by atoms with Crippen LogP contribution in [0.4, 0.5) is 10.5 Å². The van der Waals surface area contributed by atoms with Gasteiger partial charge in [-0.2, -0.15) is 0 Å². The van der Waals surface area contributed by atoms with E-state index in [2.05, 4.69) is 20.9 Å². The number of rotatable bonds is 7. The highest BCUT2D eigenvalue weighted by Gasteiger charge is 2.26. The molecule has 8 nitrogen and oxygen atoms in total. The number of guanidine groups is 1. The number of urea groups is 1. The molecule has 1 saturated heterocycles. The van der Waals surface area contributed by atoms with Gasteiger partial charge in [0.05, 0.1) is 19.4 Å². The fourth-order valence-electron chi connectivity index (χ4n) is 3.31. The molecule has 1 unspecified atom stereocenters. The van der Waals surface area contributed by atoms with Crippen LogP contribution >= 0.6 is 24.0 Å². The Balaban J connectivity index is 0.00000341. The molecular formula is C22H32IN5O3. The highest BCUT2D eigenvalue weighted by molar-refractivity contribution is 14.0. The molecule has 170 valence electrons. The molecule has 1 aromatic heterocycles. The van der Waals surface area contributed by atoms with Crippen molar-refractivity contribution in [3.63, 3.8) is 0 Å². The maximum Gasteiger partial charge on any atom is 0.321 e. The van der Waals surface area contributed by atoms with Crippen LogP contribution < -0.4 is 16.0 Å². The van der Waals surface area contributed by atoms with Crippen LogP contribution in [0.25, 0.3) is 0 Å². The van der Waals surface area contributed by atoms with Crippen LogP contribution in [-0.4, -0.2) is 48.2 Å². The molecule has 1 aliphatic heterocycles. The number of anilines is 1. The summed E-state index contributed by atoms with van der Waals surface area (Å²) in [7, 11) is 0. The van der Waals surface area contributed by atoms with Crippen molar-refractivity contribution in [3.8, 4) is 0 Å². The Morgan fingerprint density at radius 2 is 2.00 bits per heavy atom. The van der Waals surface area contributed by atoms with Gasteiger partial charge < -0.3 is 30.4 Å². The van der Waals surface area contributed by atoms with Crippen molar-refractivity contribution in [2.45, 2.75) is 38.8 Å². The second-order valence-electron chi connectivity index (χ2n) is 7.62. The predicted octanol–water partition coefficient (Wildman–Crippen LogP) is 3.49. The minimum Gasteiger partial charge on any atom is -0.466 e. The molecule has 31 heavy (non-hydrogen) atoms. The van der Waals surface area contributed by atoms with E-state index in [4.69, 9.17) is 4.42 Å². The van der Waals surface area contributed by atoms with Crippen molar-refractivity contribution in [2.75, 3.05) is 31.5 Å². The highest BCUT2D eigenvalue weighted by Crippen LogP contribution is 2.19. The lowest BCUT2D eigenvalue weighted by Gasteiger charge is -2.22. The second-order valence-corrected chi connectivity index (χ2v) is 7.62. The van der Waals surface area contributed by atoms with E-state index in [1.54, 1.807) is 25.3 Å². The molecule has 9 heteroatoms. The number of hydrogen-bond donors (Lipinski definition) is 4. The Bertz CT molecular complexity index is 849. The SMILES string of the molecule is CCNC(=NCc1cccc(NC(=O)N2CCCC2)c1)NCC(C)(O)c1ccco1.I. The number of furan rings is 1. The number of amides is 2. The molecule has 2 heterocycles. The van der Waals surface area contributed by atoms with Crippen molar-refractivity contribution in [1.29, 1.82) is 0 Å². The maximum absolute atomic E-state index is 12.3. The second kappa shape index (κ2) is 11.9. The molecule has 0 bridgehead atoms. The lowest BCUT2D eigenvalue weighted by Crippen LogP contribution is -2.44. The van der Waals surface area contributed by atoms with Crippen LogP contribution in [0, 0.1) is 0 Å². The quantitative estimate of drug-likeness (QED) is 0.244. The summed E-state index contributed by atoms with van der Waals surface area (Å²) in [5, 5.41) is 19.9. The van der Waals surface area contributed by atoms with Gasteiger partial charge in [-0.05, 0) is 56.5 Å². The van der Waals surface area contributed by atoms with E-state index in [0.29, 0.717) is 24.8 Å². The highest BCUT2D eigenvalue weighted by atomic mass is 127. The van der Waals surface area contributed by atoms with Gasteiger partial charge in [0.1, 0.15) is 11.4 Å². The van der Waals surface area contributed by atoms with E-state index < -0.39 is 5.60 Å². The number of halogens is 1. The number of benzene rings is 1. The van der Waals surface area contributed by atoms with E-state index in [1.165, 1.54) is 0 Å². The molecule has 0 spiro atoms. The molecule has 1 aromatic carbocycles. The molecular weight excluding hydrogens is 509 g/mol. The Kier molecular flexibility index (Phi) is 9.63. The van der Waals surface area contributed by atoms with Crippen LogP contribution in [0.3, 0.4) is 0 Å². The normalized spacial score (nSPS) is 15.7. The fourth-order valence-corrected chi connectivity index (χ4v) is 3.31. The monoisotopic (exact) mass is 541 g/mol. The summed E-state index contributed by atoms with van der Waals surface area (Å²) < 4.78 is 5.31. The zero-order valence-corrected chi connectivity index (χ0v) is 20.4. The van der Waals surface area contributed by atoms with E-state index in [0.717, 1.165) is 37.2 Å². The largest absolute Gasteiger partial charge is 0.466 e. The zero-order chi connectivity index (χ0) is 21.4. The summed E-state index contributed by atoms with van der Waals surface area (Å²) in [6.07, 6.45) is 3.67. The van der Waals surface area contributed by atoms with E-state index in [9.17, 15) is 9.90 Å². The first kappa shape index (κ1) is 25.0. The minimum absolute atomic E-state index is 0. The minimum atomic E-state index is -1.15. The number of likely N-dealkylation sites (tertiary alicyclic amines) is 1. The van der Waals surface area contributed by atoms with Crippen LogP contribution in [-0.2, 0) is 12.1 Å². The first-order chi connectivity index (χ1) is 14.5. The summed E-state index contributed by atoms with van der Waals surface area (Å²) in [5.74, 6) is 1.09. The van der Waals surface area contributed by atoms with E-state index >= 15 is 0 Å². The molecule has 1 atom stereocenters. The van der Waals surface area contributed by atoms with Gasteiger partial charge in [-0.3, -0.25) is 0 Å². The fraction of sp³-hybridized carbons (Fsp3) is 0.455. The van der Waals surface area contributed by atoms with Crippen LogP contribution in [0.5, 0.6) is 0 Å². The molecule has 4 N–H and O–H groups in total. The van der Waals surface area contributed by atoms with Crippen molar-refractivity contribution in [3.05, 3.63) is 54.0 Å². The van der Waals surface area contributed by atoms with Crippen molar-refractivity contribution < 1.29 is 14.3 Å². The van der Waals surface area contributed by atoms with Gasteiger partial charge in [0.25, 0.3) is 0 Å². The first-order valence-corrected chi connectivity index (χ1v) is 10.4. The van der Waals surface area contributed by atoms with Crippen LogP contribution in [0.2, 0.25) is 0 Å². The van der Waals surface area contributed by atoms with Gasteiger partial charge >= 0.3 is 6.03 Å². The molecule has 1 aliphatic rings. The summed E-state index contributed by atoms with van der Waals surface area (Å²) in [4.78, 5) is 18.7. The summed E-state index contributed by atoms with van der Waals surface area (Å²) in [6, 6.07) is 11.1. The van der Waals surface area contributed by atoms with Gasteiger partial charge in [-0.15, -0.1) is 24.0 Å². The number of hydrogen-bond acceptors (Lipinski definition) is 4. The van der Waals surface area contributed by atoms with Gasteiger partial charge in [0, 0.05) is 25.3 Å². The third kappa shape index (κ3) is 7.42. The van der Waals surface area contributed by atoms with E-state index in [1.807, 2.05) is 36.1 Å². The zero-order valence-electron chi connectivity index (χ0n) is 18.1. The van der Waals surface area contributed by atoms with E-state index in [-0.39, 0.29) is 36.6 Å². The number of nitrogens with one attached hydrogen (secondary N) is 3. The number of carbonyl (C=O) groups excluding carboxylic acids is 1. The molecule has 0 radical (unpaired) electrons. The average molecular weight is 541 g/mol. The van der Waals surface area contributed by atoms with Crippen molar-refractivity contribution >= 4 is 41.7 Å². The molecule has 0 aliphatic carbocycles.